The summed E-state index contributed by atoms with van der Waals surface area (Å²) in [7, 11) is 0. The number of anilines is 2. The number of carbonyl (C=O) groups is 1. The van der Waals surface area contributed by atoms with Gasteiger partial charge in [-0.05, 0) is 62.4 Å². The van der Waals surface area contributed by atoms with Gasteiger partial charge < -0.3 is 15.8 Å². The maximum atomic E-state index is 12.7. The molecule has 2 aromatic rings. The first kappa shape index (κ1) is 15.9. The highest BCUT2D eigenvalue weighted by atomic mass is 32.1. The van der Waals surface area contributed by atoms with Crippen molar-refractivity contribution in [2.24, 2.45) is 0 Å². The molecule has 1 aromatic carbocycles. The lowest BCUT2D eigenvalue weighted by Crippen LogP contribution is -2.14. The number of ether oxygens (including phenoxy) is 1. The highest BCUT2D eigenvalue weighted by Crippen LogP contribution is 2.36. The van der Waals surface area contributed by atoms with Crippen molar-refractivity contribution in [3.8, 4) is 5.75 Å². The van der Waals surface area contributed by atoms with Crippen LogP contribution in [-0.2, 0) is 12.8 Å². The van der Waals surface area contributed by atoms with E-state index in [0.29, 0.717) is 17.2 Å². The average Bonchev–Trinajstić information content (AvgIpc) is 2.69. The summed E-state index contributed by atoms with van der Waals surface area (Å²) >= 11 is 1.58. The maximum absolute atomic E-state index is 12.7. The number of aryl methyl sites for hydroxylation is 1. The molecule has 3 N–H and O–H groups in total. The molecule has 5 heteroatoms. The lowest BCUT2D eigenvalue weighted by atomic mass is 10.0. The van der Waals surface area contributed by atoms with Crippen molar-refractivity contribution in [2.45, 2.75) is 39.0 Å². The number of fused-ring (bicyclic) bond motifs is 1. The Morgan fingerprint density at radius 2 is 1.96 bits per heavy atom. The van der Waals surface area contributed by atoms with E-state index in [-0.39, 0.29) is 5.91 Å². The minimum Gasteiger partial charge on any atom is -0.494 e. The number of amides is 1. The number of rotatable bonds is 4. The number of benzene rings is 1. The molecule has 3 rings (SSSR count). The Morgan fingerprint density at radius 1 is 1.22 bits per heavy atom. The molecule has 0 aliphatic heterocycles. The van der Waals surface area contributed by atoms with Crippen molar-refractivity contribution < 1.29 is 9.53 Å². The molecular formula is C18H22N2O2S. The number of carbonyl (C=O) groups excluding carboxylic acids is 1. The van der Waals surface area contributed by atoms with Crippen LogP contribution < -0.4 is 15.8 Å². The van der Waals surface area contributed by atoms with Crippen molar-refractivity contribution in [2.75, 3.05) is 17.7 Å². The molecule has 0 saturated carbocycles. The van der Waals surface area contributed by atoms with Gasteiger partial charge in [0.05, 0.1) is 17.2 Å². The molecule has 0 fully saturated rings. The summed E-state index contributed by atoms with van der Waals surface area (Å²) in [4.78, 5) is 14.0. The number of thiophene rings is 1. The van der Waals surface area contributed by atoms with Gasteiger partial charge in [-0.3, -0.25) is 4.79 Å². The number of nitrogen functional groups attached to an aromatic ring is 1. The van der Waals surface area contributed by atoms with Crippen LogP contribution in [0.25, 0.3) is 0 Å². The van der Waals surface area contributed by atoms with Crippen LogP contribution in [0, 0.1) is 0 Å². The van der Waals surface area contributed by atoms with E-state index in [0.717, 1.165) is 36.3 Å². The number of nitrogens with two attached hydrogens (primary N) is 1. The van der Waals surface area contributed by atoms with E-state index >= 15 is 0 Å². The second-order valence-electron chi connectivity index (χ2n) is 5.72. The molecule has 122 valence electrons. The van der Waals surface area contributed by atoms with Crippen molar-refractivity contribution in [3.05, 3.63) is 40.3 Å². The van der Waals surface area contributed by atoms with Gasteiger partial charge in [-0.25, -0.2) is 0 Å². The minimum atomic E-state index is -0.106. The zero-order chi connectivity index (χ0) is 16.2. The molecule has 1 amide bonds. The normalized spacial score (nSPS) is 14.0. The second-order valence-corrected chi connectivity index (χ2v) is 6.85. The fraction of sp³-hybridized carbons (Fsp3) is 0.389. The predicted octanol–water partition coefficient (Wildman–Crippen LogP) is 4.25. The summed E-state index contributed by atoms with van der Waals surface area (Å²) in [5.41, 5.74) is 8.73. The van der Waals surface area contributed by atoms with Crippen LogP contribution in [0.2, 0.25) is 0 Å². The maximum Gasteiger partial charge on any atom is 0.258 e. The van der Waals surface area contributed by atoms with Gasteiger partial charge in [0.2, 0.25) is 0 Å². The summed E-state index contributed by atoms with van der Waals surface area (Å²) in [6.45, 7) is 2.57. The van der Waals surface area contributed by atoms with Crippen LogP contribution in [0.4, 0.5) is 10.7 Å². The van der Waals surface area contributed by atoms with Crippen LogP contribution in [0.3, 0.4) is 0 Å². The Hall–Kier alpha value is -2.01. The molecule has 1 heterocycles. The first-order valence-electron chi connectivity index (χ1n) is 8.13. The fourth-order valence-electron chi connectivity index (χ4n) is 3.01. The Bertz CT molecular complexity index is 692. The van der Waals surface area contributed by atoms with Gasteiger partial charge in [0.1, 0.15) is 5.75 Å². The molecule has 1 aromatic heterocycles. The van der Waals surface area contributed by atoms with E-state index in [2.05, 4.69) is 5.32 Å². The lowest BCUT2D eigenvalue weighted by molar-refractivity contribution is 0.102. The Morgan fingerprint density at radius 3 is 2.70 bits per heavy atom. The van der Waals surface area contributed by atoms with Crippen LogP contribution in [0.1, 0.15) is 47.0 Å². The standard InChI is InChI=1S/C18H22N2O2S/c1-2-22-13-10-8-12(9-11-13)20-18(21)16-14-6-4-3-5-7-15(14)23-17(16)19/h8-11H,2-7,19H2,1H3,(H,20,21). The van der Waals surface area contributed by atoms with Gasteiger partial charge in [-0.1, -0.05) is 6.42 Å². The summed E-state index contributed by atoms with van der Waals surface area (Å²) in [5, 5.41) is 3.60. The lowest BCUT2D eigenvalue weighted by Gasteiger charge is -2.09. The van der Waals surface area contributed by atoms with E-state index < -0.39 is 0 Å². The minimum absolute atomic E-state index is 0.106. The topological polar surface area (TPSA) is 64.3 Å². The molecule has 0 spiro atoms. The number of nitrogens with one attached hydrogen (secondary N) is 1. The number of hydrogen-bond donors (Lipinski definition) is 2. The van der Waals surface area contributed by atoms with Gasteiger partial charge >= 0.3 is 0 Å². The molecular weight excluding hydrogens is 308 g/mol. The van der Waals surface area contributed by atoms with Gasteiger partial charge in [0.15, 0.2) is 0 Å². The summed E-state index contributed by atoms with van der Waals surface area (Å²) in [5.74, 6) is 0.695. The molecule has 1 aliphatic rings. The van der Waals surface area contributed by atoms with E-state index in [4.69, 9.17) is 10.5 Å². The third-order valence-electron chi connectivity index (χ3n) is 4.10. The first-order valence-corrected chi connectivity index (χ1v) is 8.95. The molecule has 1 aliphatic carbocycles. The van der Waals surface area contributed by atoms with E-state index in [9.17, 15) is 4.79 Å². The van der Waals surface area contributed by atoms with E-state index in [1.165, 1.54) is 17.7 Å². The van der Waals surface area contributed by atoms with E-state index in [1.54, 1.807) is 11.3 Å². The smallest absolute Gasteiger partial charge is 0.258 e. The zero-order valence-electron chi connectivity index (χ0n) is 13.4. The van der Waals surface area contributed by atoms with Crippen LogP contribution in [0.5, 0.6) is 5.75 Å². The zero-order valence-corrected chi connectivity index (χ0v) is 14.2. The summed E-state index contributed by atoms with van der Waals surface area (Å²) < 4.78 is 5.41. The molecule has 0 bridgehead atoms. The largest absolute Gasteiger partial charge is 0.494 e. The predicted molar refractivity (Wildman–Crippen MR) is 95.6 cm³/mol. The van der Waals surface area contributed by atoms with Crippen molar-refractivity contribution in [1.82, 2.24) is 0 Å². The highest BCUT2D eigenvalue weighted by molar-refractivity contribution is 7.16. The molecule has 23 heavy (non-hydrogen) atoms. The van der Waals surface area contributed by atoms with Crippen molar-refractivity contribution in [1.29, 1.82) is 0 Å². The third kappa shape index (κ3) is 3.50. The quantitative estimate of drug-likeness (QED) is 0.824. The number of hydrogen-bond acceptors (Lipinski definition) is 4. The average molecular weight is 330 g/mol. The van der Waals surface area contributed by atoms with Gasteiger partial charge in [-0.15, -0.1) is 11.3 Å². The SMILES string of the molecule is CCOc1ccc(NC(=O)c2c(N)sc3c2CCCCC3)cc1. The Kier molecular flexibility index (Phi) is 4.86. The van der Waals surface area contributed by atoms with Crippen LogP contribution in [-0.4, -0.2) is 12.5 Å². The monoisotopic (exact) mass is 330 g/mol. The Balaban J connectivity index is 1.79. The molecule has 0 atom stereocenters. The highest BCUT2D eigenvalue weighted by Gasteiger charge is 2.23. The first-order chi connectivity index (χ1) is 11.2. The fourth-order valence-corrected chi connectivity index (χ4v) is 4.16. The Labute approximate surface area is 140 Å². The van der Waals surface area contributed by atoms with Crippen molar-refractivity contribution in [3.63, 3.8) is 0 Å². The van der Waals surface area contributed by atoms with Crippen molar-refractivity contribution >= 4 is 27.9 Å². The summed E-state index contributed by atoms with van der Waals surface area (Å²) in [6.07, 6.45) is 5.54. The van der Waals surface area contributed by atoms with Gasteiger partial charge in [-0.2, -0.15) is 0 Å². The van der Waals surface area contributed by atoms with Crippen LogP contribution >= 0.6 is 11.3 Å². The van der Waals surface area contributed by atoms with Gasteiger partial charge in [0.25, 0.3) is 5.91 Å². The third-order valence-corrected chi connectivity index (χ3v) is 5.22. The molecule has 4 nitrogen and oxygen atoms in total. The molecule has 0 radical (unpaired) electrons. The molecule has 0 unspecified atom stereocenters. The van der Waals surface area contributed by atoms with Gasteiger partial charge in [0, 0.05) is 10.6 Å². The van der Waals surface area contributed by atoms with E-state index in [1.807, 2.05) is 31.2 Å². The van der Waals surface area contributed by atoms with Crippen LogP contribution in [0.15, 0.2) is 24.3 Å². The summed E-state index contributed by atoms with van der Waals surface area (Å²) in [6, 6.07) is 7.42. The second kappa shape index (κ2) is 7.04. The molecule has 0 saturated heterocycles.